The normalized spacial score (nSPS) is 10.2. The molecule has 0 saturated heterocycles. The van der Waals surface area contributed by atoms with Crippen molar-refractivity contribution < 1.29 is 23.8 Å². The largest absolute Gasteiger partial charge is 0.493 e. The van der Waals surface area contributed by atoms with Crippen LogP contribution in [-0.2, 0) is 4.74 Å². The number of esters is 2. The monoisotopic (exact) mass is 470 g/mol. The zero-order valence-electron chi connectivity index (χ0n) is 13.7. The zero-order chi connectivity index (χ0) is 18.4. The second kappa shape index (κ2) is 9.01. The Bertz CT molecular complexity index is 789. The zero-order valence-corrected chi connectivity index (χ0v) is 16.8. The third-order valence-corrected chi connectivity index (χ3v) is 4.09. The Hall–Kier alpha value is -1.86. The first kappa shape index (κ1) is 19.5. The van der Waals surface area contributed by atoms with Gasteiger partial charge in [0.2, 0.25) is 0 Å². The van der Waals surface area contributed by atoms with E-state index >= 15 is 0 Å². The summed E-state index contributed by atoms with van der Waals surface area (Å²) >= 11 is 6.62. The molecular weight excluding hydrogens is 456 g/mol. The van der Waals surface area contributed by atoms with Crippen molar-refractivity contribution >= 4 is 43.8 Å². The lowest BCUT2D eigenvalue weighted by Crippen LogP contribution is -2.14. The van der Waals surface area contributed by atoms with Crippen LogP contribution in [0.15, 0.2) is 45.3 Å². The molecule has 0 spiro atoms. The van der Waals surface area contributed by atoms with Crippen molar-refractivity contribution in [1.29, 1.82) is 0 Å². The molecule has 25 heavy (non-hydrogen) atoms. The van der Waals surface area contributed by atoms with E-state index in [9.17, 15) is 9.59 Å². The number of halogens is 2. The Labute approximate surface area is 162 Å². The number of benzene rings is 2. The molecule has 0 amide bonds. The molecular formula is C18H16Br2O5. The van der Waals surface area contributed by atoms with Crippen LogP contribution in [0, 0.1) is 0 Å². The Morgan fingerprint density at radius 3 is 1.96 bits per heavy atom. The van der Waals surface area contributed by atoms with E-state index in [0.717, 1.165) is 0 Å². The van der Waals surface area contributed by atoms with Gasteiger partial charge in [-0.15, -0.1) is 0 Å². The van der Waals surface area contributed by atoms with E-state index in [-0.39, 0.29) is 23.5 Å². The average Bonchev–Trinajstić information content (AvgIpc) is 2.58. The van der Waals surface area contributed by atoms with E-state index in [0.29, 0.717) is 21.3 Å². The van der Waals surface area contributed by atoms with Crippen molar-refractivity contribution in [2.24, 2.45) is 0 Å². The van der Waals surface area contributed by atoms with Crippen LogP contribution >= 0.6 is 31.9 Å². The summed E-state index contributed by atoms with van der Waals surface area (Å²) in [5.74, 6) is -0.664. The Morgan fingerprint density at radius 1 is 0.840 bits per heavy atom. The maximum atomic E-state index is 12.6. The minimum Gasteiger partial charge on any atom is -0.493 e. The van der Waals surface area contributed by atoms with E-state index in [1.54, 1.807) is 37.3 Å². The number of hydrogen-bond donors (Lipinski definition) is 0. The van der Waals surface area contributed by atoms with E-state index in [1.807, 2.05) is 6.92 Å². The lowest BCUT2D eigenvalue weighted by atomic mass is 10.2. The molecule has 0 bridgehead atoms. The number of carbonyl (C=O) groups excluding carboxylic acids is 2. The van der Waals surface area contributed by atoms with Crippen molar-refractivity contribution in [1.82, 2.24) is 0 Å². The van der Waals surface area contributed by atoms with Gasteiger partial charge in [0.1, 0.15) is 22.6 Å². The van der Waals surface area contributed by atoms with E-state index in [2.05, 4.69) is 31.9 Å². The number of rotatable bonds is 6. The SMILES string of the molecule is CCOC(=O)c1cc(Br)ccc1OC(=O)c1cc(Br)ccc1OCC. The van der Waals surface area contributed by atoms with E-state index in [4.69, 9.17) is 14.2 Å². The lowest BCUT2D eigenvalue weighted by molar-refractivity contribution is 0.0520. The molecule has 2 rings (SSSR count). The molecule has 7 heteroatoms. The smallest absolute Gasteiger partial charge is 0.347 e. The van der Waals surface area contributed by atoms with Gasteiger partial charge in [0.25, 0.3) is 0 Å². The summed E-state index contributed by atoms with van der Waals surface area (Å²) in [6.45, 7) is 4.16. The highest BCUT2D eigenvalue weighted by atomic mass is 79.9. The van der Waals surface area contributed by atoms with Crippen molar-refractivity contribution in [3.8, 4) is 11.5 Å². The summed E-state index contributed by atoms with van der Waals surface area (Å²) in [6.07, 6.45) is 0. The van der Waals surface area contributed by atoms with Crippen LogP contribution in [0.4, 0.5) is 0 Å². The average molecular weight is 472 g/mol. The second-order valence-corrected chi connectivity index (χ2v) is 6.66. The summed E-state index contributed by atoms with van der Waals surface area (Å²) in [5.41, 5.74) is 0.423. The predicted octanol–water partition coefficient (Wildman–Crippen LogP) is 5.01. The molecule has 0 aliphatic rings. The van der Waals surface area contributed by atoms with Gasteiger partial charge in [0, 0.05) is 8.95 Å². The van der Waals surface area contributed by atoms with Crippen molar-refractivity contribution in [3.63, 3.8) is 0 Å². The standard InChI is InChI=1S/C18H16Br2O5/c1-3-23-15-7-5-11(19)9-13(15)18(22)25-16-8-6-12(20)10-14(16)17(21)24-4-2/h5-10H,3-4H2,1-2H3. The van der Waals surface area contributed by atoms with Gasteiger partial charge in [-0.2, -0.15) is 0 Å². The van der Waals surface area contributed by atoms with Crippen LogP contribution in [0.2, 0.25) is 0 Å². The van der Waals surface area contributed by atoms with Crippen LogP contribution in [0.1, 0.15) is 34.6 Å². The highest BCUT2D eigenvalue weighted by Crippen LogP contribution is 2.28. The van der Waals surface area contributed by atoms with Crippen LogP contribution < -0.4 is 9.47 Å². The van der Waals surface area contributed by atoms with Gasteiger partial charge >= 0.3 is 11.9 Å². The molecule has 0 radical (unpaired) electrons. The van der Waals surface area contributed by atoms with Gasteiger partial charge in [-0.3, -0.25) is 0 Å². The molecule has 0 atom stereocenters. The van der Waals surface area contributed by atoms with Crippen molar-refractivity contribution in [2.75, 3.05) is 13.2 Å². The second-order valence-electron chi connectivity index (χ2n) is 4.82. The molecule has 5 nitrogen and oxygen atoms in total. The van der Waals surface area contributed by atoms with Crippen molar-refractivity contribution in [2.45, 2.75) is 13.8 Å². The quantitative estimate of drug-likeness (QED) is 0.438. The van der Waals surface area contributed by atoms with Gasteiger partial charge in [0.15, 0.2) is 0 Å². The summed E-state index contributed by atoms with van der Waals surface area (Å²) in [6, 6.07) is 9.81. The van der Waals surface area contributed by atoms with E-state index in [1.165, 1.54) is 6.07 Å². The summed E-state index contributed by atoms with van der Waals surface area (Å²) in [5, 5.41) is 0. The molecule has 0 heterocycles. The molecule has 2 aromatic carbocycles. The van der Waals surface area contributed by atoms with Gasteiger partial charge in [0.05, 0.1) is 13.2 Å². The molecule has 0 unspecified atom stereocenters. The Kier molecular flexibility index (Phi) is 7.01. The molecule has 132 valence electrons. The minimum atomic E-state index is -0.627. The number of ether oxygens (including phenoxy) is 3. The van der Waals surface area contributed by atoms with Gasteiger partial charge in [-0.05, 0) is 50.2 Å². The fourth-order valence-corrected chi connectivity index (χ4v) is 2.78. The molecule has 0 fully saturated rings. The molecule has 0 saturated carbocycles. The maximum Gasteiger partial charge on any atom is 0.347 e. The summed E-state index contributed by atoms with van der Waals surface area (Å²) < 4.78 is 17.3. The molecule has 2 aromatic rings. The lowest BCUT2D eigenvalue weighted by Gasteiger charge is -2.12. The van der Waals surface area contributed by atoms with E-state index < -0.39 is 11.9 Å². The summed E-state index contributed by atoms with van der Waals surface area (Å²) in [4.78, 5) is 24.7. The topological polar surface area (TPSA) is 61.8 Å². The van der Waals surface area contributed by atoms with Crippen LogP contribution in [-0.4, -0.2) is 25.2 Å². The maximum absolute atomic E-state index is 12.6. The Balaban J connectivity index is 2.35. The fourth-order valence-electron chi connectivity index (χ4n) is 2.06. The first-order valence-electron chi connectivity index (χ1n) is 7.57. The highest BCUT2D eigenvalue weighted by Gasteiger charge is 2.20. The van der Waals surface area contributed by atoms with Gasteiger partial charge in [-0.1, -0.05) is 31.9 Å². The van der Waals surface area contributed by atoms with Gasteiger partial charge < -0.3 is 14.2 Å². The van der Waals surface area contributed by atoms with Crippen molar-refractivity contribution in [3.05, 3.63) is 56.5 Å². The van der Waals surface area contributed by atoms with Crippen LogP contribution in [0.25, 0.3) is 0 Å². The first-order valence-corrected chi connectivity index (χ1v) is 9.16. The highest BCUT2D eigenvalue weighted by molar-refractivity contribution is 9.10. The summed E-state index contributed by atoms with van der Waals surface area (Å²) in [7, 11) is 0. The third kappa shape index (κ3) is 5.06. The molecule has 0 aliphatic heterocycles. The van der Waals surface area contributed by atoms with Crippen LogP contribution in [0.3, 0.4) is 0 Å². The molecule has 0 N–H and O–H groups in total. The fraction of sp³-hybridized carbons (Fsp3) is 0.222. The van der Waals surface area contributed by atoms with Crippen LogP contribution in [0.5, 0.6) is 11.5 Å². The predicted molar refractivity (Wildman–Crippen MR) is 100 cm³/mol. The first-order chi connectivity index (χ1) is 12.0. The number of carbonyl (C=O) groups is 2. The van der Waals surface area contributed by atoms with Gasteiger partial charge in [-0.25, -0.2) is 9.59 Å². The minimum absolute atomic E-state index is 0.120. The number of hydrogen-bond acceptors (Lipinski definition) is 5. The molecule has 0 aromatic heterocycles. The Morgan fingerprint density at radius 2 is 1.40 bits per heavy atom. The molecule has 0 aliphatic carbocycles. The third-order valence-electron chi connectivity index (χ3n) is 3.10.